The lowest BCUT2D eigenvalue weighted by atomic mass is 9.94. The summed E-state index contributed by atoms with van der Waals surface area (Å²) in [6.45, 7) is 4.47. The third-order valence-corrected chi connectivity index (χ3v) is 3.31. The molecule has 15 heavy (non-hydrogen) atoms. The first-order valence-electron chi connectivity index (χ1n) is 6.10. The van der Waals surface area contributed by atoms with E-state index in [1.807, 2.05) is 0 Å². The largest absolute Gasteiger partial charge is 0.495 e. The molecule has 1 heteroatoms. The van der Waals surface area contributed by atoms with E-state index in [2.05, 4.69) is 32.4 Å². The van der Waals surface area contributed by atoms with E-state index in [0.29, 0.717) is 6.10 Å². The zero-order chi connectivity index (χ0) is 10.7. The number of allylic oxidation sites excluding steroid dienone is 3. The molecule has 2 unspecified atom stereocenters. The lowest BCUT2D eigenvalue weighted by molar-refractivity contribution is 0.0947. The molecule has 0 aromatic rings. The van der Waals surface area contributed by atoms with Crippen LogP contribution < -0.4 is 0 Å². The highest BCUT2D eigenvalue weighted by Gasteiger charge is 2.18. The third kappa shape index (κ3) is 3.12. The van der Waals surface area contributed by atoms with Crippen molar-refractivity contribution in [3.05, 3.63) is 29.9 Å². The Labute approximate surface area is 93.2 Å². The summed E-state index contributed by atoms with van der Waals surface area (Å²) in [4.78, 5) is 0. The van der Waals surface area contributed by atoms with Gasteiger partial charge in [-0.3, -0.25) is 0 Å². The van der Waals surface area contributed by atoms with Crippen LogP contribution in [0, 0.1) is 12.3 Å². The molecule has 0 spiro atoms. The highest BCUT2D eigenvalue weighted by atomic mass is 16.5. The molecule has 0 fully saturated rings. The van der Waals surface area contributed by atoms with Crippen LogP contribution in [0.4, 0.5) is 0 Å². The summed E-state index contributed by atoms with van der Waals surface area (Å²) in [5, 5.41) is 0. The predicted octanol–water partition coefficient (Wildman–Crippen LogP) is 4.02. The van der Waals surface area contributed by atoms with Crippen molar-refractivity contribution in [2.45, 2.75) is 52.1 Å². The molecular formula is C14H21O. The Bertz CT molecular complexity index is 275. The molecule has 2 aliphatic rings. The molecule has 0 bridgehead atoms. The minimum Gasteiger partial charge on any atom is -0.495 e. The summed E-state index contributed by atoms with van der Waals surface area (Å²) in [5.74, 6) is 1.93. The second-order valence-corrected chi connectivity index (χ2v) is 4.91. The first-order chi connectivity index (χ1) is 7.24. The lowest BCUT2D eigenvalue weighted by Gasteiger charge is -2.26. The van der Waals surface area contributed by atoms with Gasteiger partial charge in [0.1, 0.15) is 6.10 Å². The SMILES string of the molecule is CC1=CCCC(OC2=C[CH]C(C)CC2)C1. The summed E-state index contributed by atoms with van der Waals surface area (Å²) < 4.78 is 6.04. The molecule has 0 saturated heterocycles. The number of hydrogen-bond acceptors (Lipinski definition) is 1. The Morgan fingerprint density at radius 2 is 2.20 bits per heavy atom. The van der Waals surface area contributed by atoms with Crippen LogP contribution in [0.25, 0.3) is 0 Å². The molecular weight excluding hydrogens is 184 g/mol. The maximum Gasteiger partial charge on any atom is 0.102 e. The van der Waals surface area contributed by atoms with Crippen LogP contribution in [0.15, 0.2) is 23.5 Å². The number of rotatable bonds is 2. The van der Waals surface area contributed by atoms with E-state index < -0.39 is 0 Å². The van der Waals surface area contributed by atoms with Crippen molar-refractivity contribution in [2.24, 2.45) is 5.92 Å². The molecule has 83 valence electrons. The molecule has 2 atom stereocenters. The number of hydrogen-bond donors (Lipinski definition) is 0. The highest BCUT2D eigenvalue weighted by Crippen LogP contribution is 2.28. The van der Waals surface area contributed by atoms with Crippen molar-refractivity contribution in [1.29, 1.82) is 0 Å². The third-order valence-electron chi connectivity index (χ3n) is 3.31. The van der Waals surface area contributed by atoms with E-state index in [0.717, 1.165) is 18.8 Å². The van der Waals surface area contributed by atoms with Crippen molar-refractivity contribution in [3.8, 4) is 0 Å². The van der Waals surface area contributed by atoms with Crippen LogP contribution in [0.1, 0.15) is 46.0 Å². The molecule has 0 amide bonds. The average molecular weight is 205 g/mol. The Balaban J connectivity index is 1.84. The van der Waals surface area contributed by atoms with Crippen LogP contribution in [0.2, 0.25) is 0 Å². The van der Waals surface area contributed by atoms with E-state index in [1.165, 1.54) is 30.6 Å². The average Bonchev–Trinajstić information content (AvgIpc) is 2.22. The van der Waals surface area contributed by atoms with E-state index in [1.54, 1.807) is 0 Å². The standard InChI is InChI=1S/C14H21O/c1-11-6-8-13(9-7-11)15-14-5-3-4-12(2)10-14/h4,6,8,11,14H,3,5,7,9-10H2,1-2H3. The zero-order valence-electron chi connectivity index (χ0n) is 9.83. The van der Waals surface area contributed by atoms with E-state index in [-0.39, 0.29) is 0 Å². The quantitative estimate of drug-likeness (QED) is 0.619. The van der Waals surface area contributed by atoms with Crippen molar-refractivity contribution in [3.63, 3.8) is 0 Å². The Hall–Kier alpha value is -0.720. The molecule has 1 nitrogen and oxygen atoms in total. The molecule has 0 heterocycles. The van der Waals surface area contributed by atoms with Gasteiger partial charge in [0.15, 0.2) is 0 Å². The topological polar surface area (TPSA) is 9.23 Å². The smallest absolute Gasteiger partial charge is 0.102 e. The second-order valence-electron chi connectivity index (χ2n) is 4.91. The van der Waals surface area contributed by atoms with Crippen LogP contribution in [0.5, 0.6) is 0 Å². The molecule has 0 aromatic carbocycles. The Kier molecular flexibility index (Phi) is 3.50. The van der Waals surface area contributed by atoms with E-state index in [4.69, 9.17) is 4.74 Å². The molecule has 1 radical (unpaired) electrons. The first-order valence-corrected chi connectivity index (χ1v) is 6.10. The maximum atomic E-state index is 6.04. The maximum absolute atomic E-state index is 6.04. The van der Waals surface area contributed by atoms with Gasteiger partial charge in [-0.2, -0.15) is 0 Å². The van der Waals surface area contributed by atoms with Crippen molar-refractivity contribution >= 4 is 0 Å². The molecule has 0 N–H and O–H groups in total. The minimum absolute atomic E-state index is 0.433. The van der Waals surface area contributed by atoms with Crippen molar-refractivity contribution in [2.75, 3.05) is 0 Å². The van der Waals surface area contributed by atoms with Gasteiger partial charge in [-0.15, -0.1) is 0 Å². The summed E-state index contributed by atoms with van der Waals surface area (Å²) in [6, 6.07) is 0. The Morgan fingerprint density at radius 1 is 1.33 bits per heavy atom. The fraction of sp³-hybridized carbons (Fsp3) is 0.643. The van der Waals surface area contributed by atoms with Gasteiger partial charge in [0.05, 0.1) is 5.76 Å². The second kappa shape index (κ2) is 4.87. The fourth-order valence-electron chi connectivity index (χ4n) is 2.29. The number of ether oxygens (including phenoxy) is 1. The molecule has 0 aliphatic heterocycles. The van der Waals surface area contributed by atoms with E-state index >= 15 is 0 Å². The van der Waals surface area contributed by atoms with Gasteiger partial charge < -0.3 is 4.74 Å². The fourth-order valence-corrected chi connectivity index (χ4v) is 2.29. The van der Waals surface area contributed by atoms with Crippen LogP contribution >= 0.6 is 0 Å². The first kappa shape index (κ1) is 10.8. The van der Waals surface area contributed by atoms with Gasteiger partial charge in [-0.05, 0) is 44.6 Å². The summed E-state index contributed by atoms with van der Waals surface area (Å²) in [7, 11) is 0. The normalized spacial score (nSPS) is 31.9. The van der Waals surface area contributed by atoms with E-state index in [9.17, 15) is 0 Å². The summed E-state index contributed by atoms with van der Waals surface area (Å²) >= 11 is 0. The molecule has 0 aromatic heterocycles. The summed E-state index contributed by atoms with van der Waals surface area (Å²) in [5.41, 5.74) is 1.49. The van der Waals surface area contributed by atoms with Crippen molar-refractivity contribution < 1.29 is 4.74 Å². The van der Waals surface area contributed by atoms with Crippen LogP contribution in [-0.4, -0.2) is 6.10 Å². The van der Waals surface area contributed by atoms with Gasteiger partial charge in [-0.25, -0.2) is 0 Å². The van der Waals surface area contributed by atoms with Crippen LogP contribution in [-0.2, 0) is 4.74 Å². The minimum atomic E-state index is 0.433. The zero-order valence-corrected chi connectivity index (χ0v) is 9.83. The molecule has 2 rings (SSSR count). The lowest BCUT2D eigenvalue weighted by Crippen LogP contribution is -2.17. The van der Waals surface area contributed by atoms with Gasteiger partial charge in [0.25, 0.3) is 0 Å². The molecule has 2 aliphatic carbocycles. The highest BCUT2D eigenvalue weighted by molar-refractivity contribution is 5.10. The van der Waals surface area contributed by atoms with Crippen molar-refractivity contribution in [1.82, 2.24) is 0 Å². The summed E-state index contributed by atoms with van der Waals surface area (Å²) in [6.07, 6.45) is 13.1. The van der Waals surface area contributed by atoms with Gasteiger partial charge in [0, 0.05) is 12.8 Å². The van der Waals surface area contributed by atoms with Gasteiger partial charge in [-0.1, -0.05) is 18.6 Å². The Morgan fingerprint density at radius 3 is 2.87 bits per heavy atom. The van der Waals surface area contributed by atoms with Gasteiger partial charge in [0.2, 0.25) is 0 Å². The predicted molar refractivity (Wildman–Crippen MR) is 63.3 cm³/mol. The van der Waals surface area contributed by atoms with Crippen LogP contribution in [0.3, 0.4) is 0 Å². The molecule has 0 saturated carbocycles. The van der Waals surface area contributed by atoms with Gasteiger partial charge >= 0.3 is 0 Å². The monoisotopic (exact) mass is 205 g/mol.